The van der Waals surface area contributed by atoms with Crippen LogP contribution in [0.1, 0.15) is 51.9 Å². The van der Waals surface area contributed by atoms with Gasteiger partial charge in [0.2, 0.25) is 17.7 Å². The molecule has 0 unspecified atom stereocenters. The summed E-state index contributed by atoms with van der Waals surface area (Å²) < 4.78 is 31.6. The highest BCUT2D eigenvalue weighted by atomic mass is 32.3. The summed E-state index contributed by atoms with van der Waals surface area (Å²) >= 11 is 0. The fraction of sp³-hybridized carbons (Fsp3) is 0.737. The third kappa shape index (κ3) is 16.4. The monoisotopic (exact) mass is 523 g/mol. The highest BCUT2D eigenvalue weighted by molar-refractivity contribution is 7.79. The van der Waals surface area contributed by atoms with E-state index >= 15 is 0 Å². The minimum Gasteiger partial charge on any atom is -0.370 e. The van der Waals surface area contributed by atoms with E-state index in [0.717, 1.165) is 6.42 Å². The number of guanidine groups is 1. The van der Waals surface area contributed by atoms with Crippen molar-refractivity contribution in [2.24, 2.45) is 11.5 Å². The van der Waals surface area contributed by atoms with Crippen molar-refractivity contribution < 1.29 is 36.7 Å². The van der Waals surface area contributed by atoms with Crippen LogP contribution < -0.4 is 27.4 Å². The molecule has 1 heterocycles. The number of likely N-dealkylation sites (tertiary alicyclic amines) is 1. The molecule has 1 aliphatic heterocycles. The van der Waals surface area contributed by atoms with Crippen molar-refractivity contribution in [1.82, 2.24) is 20.9 Å². The lowest BCUT2D eigenvalue weighted by atomic mass is 10.1. The topological polar surface area (TPSA) is 258 Å². The van der Waals surface area contributed by atoms with E-state index in [0.29, 0.717) is 64.4 Å². The van der Waals surface area contributed by atoms with E-state index in [4.69, 9.17) is 34.4 Å². The molecule has 35 heavy (non-hydrogen) atoms. The lowest BCUT2D eigenvalue weighted by molar-refractivity contribution is -0.140. The van der Waals surface area contributed by atoms with Gasteiger partial charge in [0.1, 0.15) is 12.3 Å². The SMILES string of the molecule is CC(=O)NCCCC[C@@H](N)C(=O)N1CCC[C@H]1C(=O)N[C@H](C=O)CCCNC(=N)N.O=S(=O)(O)O. The van der Waals surface area contributed by atoms with Gasteiger partial charge < -0.3 is 37.1 Å². The molecule has 0 aromatic heterocycles. The first kappa shape index (κ1) is 32.2. The molecule has 1 aliphatic rings. The van der Waals surface area contributed by atoms with Crippen molar-refractivity contribution in [3.8, 4) is 0 Å². The maximum Gasteiger partial charge on any atom is 0.394 e. The third-order valence-electron chi connectivity index (χ3n) is 4.97. The van der Waals surface area contributed by atoms with E-state index in [-0.39, 0.29) is 23.7 Å². The van der Waals surface area contributed by atoms with Crippen LogP contribution in [-0.2, 0) is 29.6 Å². The summed E-state index contributed by atoms with van der Waals surface area (Å²) in [6.07, 6.45) is 4.77. The summed E-state index contributed by atoms with van der Waals surface area (Å²) in [5.41, 5.74) is 11.2. The van der Waals surface area contributed by atoms with Crippen LogP contribution in [0.15, 0.2) is 0 Å². The predicted octanol–water partition coefficient (Wildman–Crippen LogP) is -2.09. The summed E-state index contributed by atoms with van der Waals surface area (Å²) in [5, 5.41) is 15.1. The zero-order chi connectivity index (χ0) is 27.0. The molecular formula is C19H37N7O8S. The van der Waals surface area contributed by atoms with Crippen LogP contribution in [0.3, 0.4) is 0 Å². The minimum absolute atomic E-state index is 0.0926. The van der Waals surface area contributed by atoms with E-state index in [9.17, 15) is 19.2 Å². The van der Waals surface area contributed by atoms with Gasteiger partial charge in [0, 0.05) is 26.6 Å². The minimum atomic E-state index is -4.67. The van der Waals surface area contributed by atoms with E-state index in [1.54, 1.807) is 0 Å². The van der Waals surface area contributed by atoms with Crippen LogP contribution in [0.5, 0.6) is 0 Å². The molecule has 0 radical (unpaired) electrons. The maximum absolute atomic E-state index is 12.7. The Morgan fingerprint density at radius 3 is 2.29 bits per heavy atom. The average Bonchev–Trinajstić information content (AvgIpc) is 3.23. The molecule has 0 aromatic rings. The fourth-order valence-electron chi connectivity index (χ4n) is 3.39. The van der Waals surface area contributed by atoms with Crippen molar-refractivity contribution in [2.75, 3.05) is 19.6 Å². The van der Waals surface area contributed by atoms with E-state index in [2.05, 4.69) is 16.0 Å². The zero-order valence-corrected chi connectivity index (χ0v) is 20.6. The van der Waals surface area contributed by atoms with Gasteiger partial charge in [-0.3, -0.25) is 28.9 Å². The molecule has 0 bridgehead atoms. The predicted molar refractivity (Wildman–Crippen MR) is 127 cm³/mol. The van der Waals surface area contributed by atoms with Crippen molar-refractivity contribution in [3.05, 3.63) is 0 Å². The van der Waals surface area contributed by atoms with Gasteiger partial charge in [-0.15, -0.1) is 0 Å². The third-order valence-corrected chi connectivity index (χ3v) is 4.97. The number of carbonyl (C=O) groups is 4. The Bertz CT molecular complexity index is 816. The van der Waals surface area contributed by atoms with E-state index < -0.39 is 28.5 Å². The second kappa shape index (κ2) is 16.7. The molecule has 0 aliphatic carbocycles. The summed E-state index contributed by atoms with van der Waals surface area (Å²) in [6, 6.07) is -1.98. The van der Waals surface area contributed by atoms with E-state index in [1.807, 2.05) is 0 Å². The Labute approximate surface area is 204 Å². The molecule has 1 saturated heterocycles. The number of nitrogens with zero attached hydrogens (tertiary/aromatic N) is 1. The van der Waals surface area contributed by atoms with Gasteiger partial charge in [0.05, 0.1) is 12.1 Å². The van der Waals surface area contributed by atoms with Gasteiger partial charge in [-0.25, -0.2) is 0 Å². The number of aldehydes is 1. The van der Waals surface area contributed by atoms with Crippen molar-refractivity contribution in [1.29, 1.82) is 5.41 Å². The largest absolute Gasteiger partial charge is 0.394 e. The Balaban J connectivity index is 0.00000209. The van der Waals surface area contributed by atoms with Crippen LogP contribution in [0.2, 0.25) is 0 Å². The second-order valence-electron chi connectivity index (χ2n) is 7.96. The van der Waals surface area contributed by atoms with Gasteiger partial charge in [-0.2, -0.15) is 8.42 Å². The number of hydrogen-bond acceptors (Lipinski definition) is 8. The zero-order valence-electron chi connectivity index (χ0n) is 19.7. The van der Waals surface area contributed by atoms with Crippen LogP contribution in [-0.4, -0.2) is 90.2 Å². The molecule has 16 heteroatoms. The van der Waals surface area contributed by atoms with Crippen molar-refractivity contribution in [3.63, 3.8) is 0 Å². The molecule has 3 amide bonds. The number of unbranched alkanes of at least 4 members (excludes halogenated alkanes) is 1. The summed E-state index contributed by atoms with van der Waals surface area (Å²) in [5.74, 6) is -0.853. The molecule has 1 fully saturated rings. The van der Waals surface area contributed by atoms with Crippen molar-refractivity contribution >= 4 is 40.4 Å². The summed E-state index contributed by atoms with van der Waals surface area (Å²) in [4.78, 5) is 49.0. The molecule has 0 saturated carbocycles. The molecule has 3 atom stereocenters. The highest BCUT2D eigenvalue weighted by Crippen LogP contribution is 2.19. The number of rotatable bonds is 13. The van der Waals surface area contributed by atoms with Gasteiger partial charge in [0.15, 0.2) is 5.96 Å². The fourth-order valence-corrected chi connectivity index (χ4v) is 3.39. The number of carbonyl (C=O) groups excluding carboxylic acids is 4. The molecule has 202 valence electrons. The standard InChI is InChI=1S/C19H35N7O4.H2O4S/c1-13(28)23-9-3-2-7-15(20)18(30)26-11-5-8-16(26)17(29)25-14(12-27)6-4-10-24-19(21)22;1-5(2,3)4/h12,14-16H,2-11,20H2,1H3,(H,23,28)(H,25,29)(H4,21,22,24);(H2,1,2,3,4)/t14-,15+,16-;/m0./s1. The van der Waals surface area contributed by atoms with Gasteiger partial charge in [-0.05, 0) is 44.9 Å². The van der Waals surface area contributed by atoms with Crippen molar-refractivity contribution in [2.45, 2.75) is 70.0 Å². The van der Waals surface area contributed by atoms with Crippen LogP contribution in [0.25, 0.3) is 0 Å². The Morgan fingerprint density at radius 1 is 1.14 bits per heavy atom. The first-order chi connectivity index (χ1) is 16.3. The molecule has 10 N–H and O–H groups in total. The molecule has 1 rings (SSSR count). The molecule has 0 aromatic carbocycles. The summed E-state index contributed by atoms with van der Waals surface area (Å²) in [7, 11) is -4.67. The van der Waals surface area contributed by atoms with Crippen LogP contribution >= 0.6 is 0 Å². The van der Waals surface area contributed by atoms with Gasteiger partial charge >= 0.3 is 10.4 Å². The average molecular weight is 524 g/mol. The maximum atomic E-state index is 12.7. The van der Waals surface area contributed by atoms with E-state index in [1.165, 1.54) is 11.8 Å². The van der Waals surface area contributed by atoms with Crippen LogP contribution in [0, 0.1) is 5.41 Å². The molecule has 0 spiro atoms. The second-order valence-corrected chi connectivity index (χ2v) is 8.85. The normalized spacial score (nSPS) is 16.8. The Hall–Kier alpha value is -2.82. The highest BCUT2D eigenvalue weighted by Gasteiger charge is 2.36. The summed E-state index contributed by atoms with van der Waals surface area (Å²) in [6.45, 7) is 2.89. The van der Waals surface area contributed by atoms with Gasteiger partial charge in [0.25, 0.3) is 0 Å². The smallest absolute Gasteiger partial charge is 0.370 e. The lowest BCUT2D eigenvalue weighted by Gasteiger charge is -2.27. The number of hydrogen-bond donors (Lipinski definition) is 8. The number of amides is 3. The quantitative estimate of drug-likeness (QED) is 0.0426. The van der Waals surface area contributed by atoms with Gasteiger partial charge in [-0.1, -0.05) is 0 Å². The van der Waals surface area contributed by atoms with Crippen LogP contribution in [0.4, 0.5) is 0 Å². The molecular weight excluding hydrogens is 486 g/mol. The first-order valence-electron chi connectivity index (χ1n) is 11.1. The number of nitrogens with two attached hydrogens (primary N) is 2. The Morgan fingerprint density at radius 2 is 1.74 bits per heavy atom. The molecule has 15 nitrogen and oxygen atoms in total. The Kier molecular flexibility index (Phi) is 15.4. The lowest BCUT2D eigenvalue weighted by Crippen LogP contribution is -2.53. The number of nitrogens with one attached hydrogen (secondary N) is 4. The first-order valence-corrected chi connectivity index (χ1v) is 12.5.